The molecule has 14 heavy (non-hydrogen) atoms. The summed E-state index contributed by atoms with van der Waals surface area (Å²) in [6, 6.07) is 8.82. The number of benzene rings is 1. The van der Waals surface area contributed by atoms with Crippen molar-refractivity contribution in [1.29, 1.82) is 0 Å². The van der Waals surface area contributed by atoms with Gasteiger partial charge in [0.15, 0.2) is 0 Å². The van der Waals surface area contributed by atoms with Gasteiger partial charge in [-0.1, -0.05) is 28.1 Å². The Balaban J connectivity index is 0.000000750. The van der Waals surface area contributed by atoms with Crippen molar-refractivity contribution in [2.24, 2.45) is 5.92 Å². The Bertz CT molecular complexity index is 338. The van der Waals surface area contributed by atoms with E-state index >= 15 is 0 Å². The van der Waals surface area contributed by atoms with Crippen LogP contribution in [0.5, 0.6) is 0 Å². The third-order valence-electron chi connectivity index (χ3n) is 3.48. The molecule has 2 atom stereocenters. The molecule has 3 heteroatoms. The standard InChI is InChI=1S/C11H12BrN.ClH/c12-10-3-1-8(2-4-10)11-5-9(11)6-13-7-11;/h1-4,9,13H,5-7H2;1H. The lowest BCUT2D eigenvalue weighted by Gasteiger charge is -2.11. The van der Waals surface area contributed by atoms with Crippen LogP contribution in [0.15, 0.2) is 28.7 Å². The second-order valence-electron chi connectivity index (χ2n) is 4.19. The molecule has 1 aromatic rings. The van der Waals surface area contributed by atoms with E-state index in [1.165, 1.54) is 29.5 Å². The van der Waals surface area contributed by atoms with Crippen LogP contribution in [0.4, 0.5) is 0 Å². The van der Waals surface area contributed by atoms with E-state index in [2.05, 4.69) is 45.5 Å². The number of piperidine rings is 1. The fourth-order valence-electron chi connectivity index (χ4n) is 2.57. The Kier molecular flexibility index (Phi) is 2.63. The first-order valence-electron chi connectivity index (χ1n) is 4.78. The topological polar surface area (TPSA) is 12.0 Å². The van der Waals surface area contributed by atoms with Crippen LogP contribution >= 0.6 is 28.3 Å². The quantitative estimate of drug-likeness (QED) is 0.830. The SMILES string of the molecule is Brc1ccc(C23CNCC2C3)cc1.Cl. The van der Waals surface area contributed by atoms with E-state index in [0.29, 0.717) is 5.41 Å². The van der Waals surface area contributed by atoms with Gasteiger partial charge >= 0.3 is 0 Å². The number of halogens is 2. The lowest BCUT2D eigenvalue weighted by atomic mass is 9.95. The van der Waals surface area contributed by atoms with Crippen LogP contribution in [-0.4, -0.2) is 13.1 Å². The molecule has 0 aromatic heterocycles. The molecule has 1 saturated heterocycles. The van der Waals surface area contributed by atoms with Gasteiger partial charge in [0, 0.05) is 16.4 Å². The molecule has 0 radical (unpaired) electrons. The van der Waals surface area contributed by atoms with Crippen LogP contribution in [0.25, 0.3) is 0 Å². The highest BCUT2D eigenvalue weighted by Crippen LogP contribution is 2.56. The van der Waals surface area contributed by atoms with Crippen molar-refractivity contribution >= 4 is 28.3 Å². The maximum Gasteiger partial charge on any atom is 0.0175 e. The van der Waals surface area contributed by atoms with E-state index < -0.39 is 0 Å². The lowest BCUT2D eigenvalue weighted by Crippen LogP contribution is -2.18. The molecular weight excluding hydrogens is 261 g/mol. The Morgan fingerprint density at radius 2 is 2.00 bits per heavy atom. The molecule has 0 amide bonds. The summed E-state index contributed by atoms with van der Waals surface area (Å²) < 4.78 is 1.18. The van der Waals surface area contributed by atoms with Gasteiger partial charge in [0.1, 0.15) is 0 Å². The normalized spacial score (nSPS) is 33.4. The molecule has 76 valence electrons. The lowest BCUT2D eigenvalue weighted by molar-refractivity contribution is 0.675. The summed E-state index contributed by atoms with van der Waals surface area (Å²) in [4.78, 5) is 0. The van der Waals surface area contributed by atoms with Gasteiger partial charge in [0.2, 0.25) is 0 Å². The molecule has 2 fully saturated rings. The summed E-state index contributed by atoms with van der Waals surface area (Å²) in [6.07, 6.45) is 1.39. The first-order valence-corrected chi connectivity index (χ1v) is 5.57. The number of hydrogen-bond acceptors (Lipinski definition) is 1. The van der Waals surface area contributed by atoms with Crippen LogP contribution in [0, 0.1) is 5.92 Å². The first kappa shape index (κ1) is 10.5. The third-order valence-corrected chi connectivity index (χ3v) is 4.01. The van der Waals surface area contributed by atoms with E-state index in [9.17, 15) is 0 Å². The van der Waals surface area contributed by atoms with E-state index in [-0.39, 0.29) is 12.4 Å². The monoisotopic (exact) mass is 273 g/mol. The predicted molar refractivity (Wildman–Crippen MR) is 64.0 cm³/mol. The smallest absolute Gasteiger partial charge is 0.0175 e. The van der Waals surface area contributed by atoms with Crippen molar-refractivity contribution in [2.45, 2.75) is 11.8 Å². The molecule has 3 rings (SSSR count). The van der Waals surface area contributed by atoms with Gasteiger partial charge in [-0.05, 0) is 36.6 Å². The Hall–Kier alpha value is -0.0500. The highest BCUT2D eigenvalue weighted by molar-refractivity contribution is 9.10. The zero-order valence-corrected chi connectivity index (χ0v) is 10.2. The summed E-state index contributed by atoms with van der Waals surface area (Å²) in [7, 11) is 0. The van der Waals surface area contributed by atoms with Gasteiger partial charge in [-0.2, -0.15) is 0 Å². The largest absolute Gasteiger partial charge is 0.316 e. The van der Waals surface area contributed by atoms with Gasteiger partial charge in [-0.15, -0.1) is 12.4 Å². The molecule has 1 heterocycles. The minimum atomic E-state index is 0. The number of hydrogen-bond donors (Lipinski definition) is 1. The molecule has 2 aliphatic rings. The zero-order chi connectivity index (χ0) is 8.89. The fraction of sp³-hybridized carbons (Fsp3) is 0.455. The van der Waals surface area contributed by atoms with E-state index in [4.69, 9.17) is 0 Å². The second kappa shape index (κ2) is 3.51. The van der Waals surface area contributed by atoms with E-state index in [1.807, 2.05) is 0 Å². The molecular formula is C11H13BrClN. The molecule has 1 N–H and O–H groups in total. The summed E-state index contributed by atoms with van der Waals surface area (Å²) in [6.45, 7) is 2.40. The van der Waals surface area contributed by atoms with Gasteiger partial charge < -0.3 is 5.32 Å². The van der Waals surface area contributed by atoms with Crippen LogP contribution in [0.2, 0.25) is 0 Å². The summed E-state index contributed by atoms with van der Waals surface area (Å²) in [5.74, 6) is 0.911. The maximum atomic E-state index is 3.47. The summed E-state index contributed by atoms with van der Waals surface area (Å²) in [5, 5.41) is 3.46. The van der Waals surface area contributed by atoms with E-state index in [0.717, 1.165) is 5.92 Å². The van der Waals surface area contributed by atoms with Gasteiger partial charge in [0.25, 0.3) is 0 Å². The van der Waals surface area contributed by atoms with Crippen LogP contribution in [0.3, 0.4) is 0 Å². The number of rotatable bonds is 1. The second-order valence-corrected chi connectivity index (χ2v) is 5.11. The van der Waals surface area contributed by atoms with Crippen molar-refractivity contribution in [3.63, 3.8) is 0 Å². The molecule has 1 aliphatic carbocycles. The molecule has 2 unspecified atom stereocenters. The van der Waals surface area contributed by atoms with Crippen LogP contribution in [0.1, 0.15) is 12.0 Å². The van der Waals surface area contributed by atoms with Crippen molar-refractivity contribution in [2.75, 3.05) is 13.1 Å². The summed E-state index contributed by atoms with van der Waals surface area (Å²) in [5.41, 5.74) is 2.03. The van der Waals surface area contributed by atoms with Crippen molar-refractivity contribution in [3.8, 4) is 0 Å². The van der Waals surface area contributed by atoms with Crippen molar-refractivity contribution in [1.82, 2.24) is 5.32 Å². The Morgan fingerprint density at radius 1 is 1.29 bits per heavy atom. The molecule has 1 aromatic carbocycles. The highest BCUT2D eigenvalue weighted by atomic mass is 79.9. The highest BCUT2D eigenvalue weighted by Gasteiger charge is 2.57. The summed E-state index contributed by atoms with van der Waals surface area (Å²) >= 11 is 3.47. The average Bonchev–Trinajstić information content (AvgIpc) is 2.71. The first-order chi connectivity index (χ1) is 6.31. The average molecular weight is 275 g/mol. The number of nitrogens with one attached hydrogen (secondary N) is 1. The molecule has 0 bridgehead atoms. The maximum absolute atomic E-state index is 3.47. The van der Waals surface area contributed by atoms with Crippen molar-refractivity contribution < 1.29 is 0 Å². The van der Waals surface area contributed by atoms with E-state index in [1.54, 1.807) is 0 Å². The number of fused-ring (bicyclic) bond motifs is 1. The zero-order valence-electron chi connectivity index (χ0n) is 7.79. The molecule has 1 saturated carbocycles. The van der Waals surface area contributed by atoms with Crippen molar-refractivity contribution in [3.05, 3.63) is 34.3 Å². The fourth-order valence-corrected chi connectivity index (χ4v) is 2.84. The van der Waals surface area contributed by atoms with Gasteiger partial charge in [-0.3, -0.25) is 0 Å². The third kappa shape index (κ3) is 1.40. The van der Waals surface area contributed by atoms with Crippen LogP contribution < -0.4 is 5.32 Å². The minimum Gasteiger partial charge on any atom is -0.316 e. The molecule has 1 aliphatic heterocycles. The Labute approximate surface area is 98.8 Å². The van der Waals surface area contributed by atoms with Gasteiger partial charge in [-0.25, -0.2) is 0 Å². The predicted octanol–water partition coefficient (Wildman–Crippen LogP) is 2.73. The minimum absolute atomic E-state index is 0. The van der Waals surface area contributed by atoms with Gasteiger partial charge in [0.05, 0.1) is 0 Å². The van der Waals surface area contributed by atoms with Crippen LogP contribution in [-0.2, 0) is 5.41 Å². The molecule has 1 nitrogen and oxygen atoms in total. The Morgan fingerprint density at radius 3 is 2.50 bits per heavy atom. The molecule has 0 spiro atoms.